The first-order valence-corrected chi connectivity index (χ1v) is 6.70. The van der Waals surface area contributed by atoms with Crippen molar-refractivity contribution in [3.8, 4) is 0 Å². The number of amides is 1. The van der Waals surface area contributed by atoms with Gasteiger partial charge in [0.15, 0.2) is 0 Å². The summed E-state index contributed by atoms with van der Waals surface area (Å²) < 4.78 is 1.87. The highest BCUT2D eigenvalue weighted by atomic mass is 16.1. The van der Waals surface area contributed by atoms with Gasteiger partial charge in [0.25, 0.3) is 5.91 Å². The summed E-state index contributed by atoms with van der Waals surface area (Å²) in [5.41, 5.74) is 4.67. The number of nitrogens with zero attached hydrogens (tertiary/aromatic N) is 3. The first-order valence-electron chi connectivity index (χ1n) is 6.70. The van der Waals surface area contributed by atoms with Gasteiger partial charge in [0.05, 0.1) is 5.69 Å². The Morgan fingerprint density at radius 1 is 1.30 bits per heavy atom. The highest BCUT2D eigenvalue weighted by molar-refractivity contribution is 5.92. The van der Waals surface area contributed by atoms with Crippen LogP contribution >= 0.6 is 0 Å². The second-order valence-electron chi connectivity index (χ2n) is 4.94. The maximum Gasteiger partial charge on any atom is 0.269 e. The van der Waals surface area contributed by atoms with Crippen molar-refractivity contribution >= 4 is 5.91 Å². The van der Waals surface area contributed by atoms with Gasteiger partial charge in [-0.2, -0.15) is 5.10 Å². The molecule has 0 aromatic carbocycles. The number of carbonyl (C=O) groups excluding carboxylic acids is 1. The Kier molecular flexibility index (Phi) is 4.17. The molecule has 0 fully saturated rings. The fraction of sp³-hybridized carbons (Fsp3) is 0.400. The summed E-state index contributed by atoms with van der Waals surface area (Å²) in [4.78, 5) is 16.2. The molecule has 5 heteroatoms. The first-order chi connectivity index (χ1) is 9.49. The minimum absolute atomic E-state index is 0.132. The van der Waals surface area contributed by atoms with Crippen LogP contribution in [-0.2, 0) is 13.5 Å². The van der Waals surface area contributed by atoms with Gasteiger partial charge in [-0.25, -0.2) is 4.98 Å². The summed E-state index contributed by atoms with van der Waals surface area (Å²) in [5.74, 6) is -0.132. The molecule has 0 bridgehead atoms. The molecule has 106 valence electrons. The zero-order chi connectivity index (χ0) is 14.7. The molecule has 0 spiro atoms. The molecule has 2 heterocycles. The van der Waals surface area contributed by atoms with Crippen molar-refractivity contribution in [2.45, 2.75) is 27.2 Å². The molecule has 0 saturated heterocycles. The van der Waals surface area contributed by atoms with Crippen LogP contribution in [0.1, 0.15) is 33.1 Å². The molecule has 5 nitrogen and oxygen atoms in total. The van der Waals surface area contributed by atoms with E-state index in [-0.39, 0.29) is 5.91 Å². The average molecular weight is 272 g/mol. The standard InChI is InChI=1S/C15H20N4O/c1-10-6-5-7-14(17-10)15(20)16-9-8-13-11(2)18-19(4)12(13)3/h5-7H,8-9H2,1-4H3,(H,16,20). The molecule has 1 N–H and O–H groups in total. The lowest BCUT2D eigenvalue weighted by Gasteiger charge is -2.06. The van der Waals surface area contributed by atoms with Crippen LogP contribution in [0, 0.1) is 20.8 Å². The minimum atomic E-state index is -0.132. The van der Waals surface area contributed by atoms with E-state index in [9.17, 15) is 4.79 Å². The third kappa shape index (κ3) is 3.04. The van der Waals surface area contributed by atoms with Crippen molar-refractivity contribution in [1.29, 1.82) is 0 Å². The number of carbonyl (C=O) groups is 1. The van der Waals surface area contributed by atoms with Crippen LogP contribution in [-0.4, -0.2) is 27.2 Å². The lowest BCUT2D eigenvalue weighted by atomic mass is 10.1. The van der Waals surface area contributed by atoms with Crippen LogP contribution in [0.25, 0.3) is 0 Å². The molecule has 0 aliphatic carbocycles. The van der Waals surface area contributed by atoms with E-state index in [0.29, 0.717) is 12.2 Å². The van der Waals surface area contributed by atoms with Crippen LogP contribution in [0.4, 0.5) is 0 Å². The topological polar surface area (TPSA) is 59.8 Å². The van der Waals surface area contributed by atoms with Crippen LogP contribution in [0.2, 0.25) is 0 Å². The molecule has 0 atom stereocenters. The number of hydrogen-bond acceptors (Lipinski definition) is 3. The van der Waals surface area contributed by atoms with Gasteiger partial charge in [0, 0.05) is 25.0 Å². The van der Waals surface area contributed by atoms with Gasteiger partial charge >= 0.3 is 0 Å². The predicted molar refractivity (Wildman–Crippen MR) is 77.7 cm³/mol. The largest absolute Gasteiger partial charge is 0.350 e. The molecule has 2 rings (SSSR count). The molecule has 0 aliphatic rings. The highest BCUT2D eigenvalue weighted by Gasteiger charge is 2.10. The maximum atomic E-state index is 12.0. The second kappa shape index (κ2) is 5.86. The fourth-order valence-corrected chi connectivity index (χ4v) is 2.24. The summed E-state index contributed by atoms with van der Waals surface area (Å²) in [6.45, 7) is 6.49. The number of pyridine rings is 1. The van der Waals surface area contributed by atoms with E-state index in [4.69, 9.17) is 0 Å². The number of rotatable bonds is 4. The molecule has 2 aromatic heterocycles. The lowest BCUT2D eigenvalue weighted by Crippen LogP contribution is -2.26. The number of aromatic nitrogens is 3. The van der Waals surface area contributed by atoms with Crippen LogP contribution in [0.15, 0.2) is 18.2 Å². The van der Waals surface area contributed by atoms with Gasteiger partial charge in [-0.3, -0.25) is 9.48 Å². The van der Waals surface area contributed by atoms with E-state index >= 15 is 0 Å². The molecule has 0 unspecified atom stereocenters. The summed E-state index contributed by atoms with van der Waals surface area (Å²) in [6, 6.07) is 5.44. The van der Waals surface area contributed by atoms with E-state index < -0.39 is 0 Å². The van der Waals surface area contributed by atoms with Crippen LogP contribution in [0.3, 0.4) is 0 Å². The van der Waals surface area contributed by atoms with Crippen molar-refractivity contribution in [2.75, 3.05) is 6.54 Å². The quantitative estimate of drug-likeness (QED) is 0.921. The van der Waals surface area contributed by atoms with Gasteiger partial charge in [0.1, 0.15) is 5.69 Å². The SMILES string of the molecule is Cc1cccc(C(=O)NCCc2c(C)nn(C)c2C)n1. The van der Waals surface area contributed by atoms with Crippen molar-refractivity contribution < 1.29 is 4.79 Å². The van der Waals surface area contributed by atoms with Gasteiger partial charge in [-0.15, -0.1) is 0 Å². The first kappa shape index (κ1) is 14.2. The van der Waals surface area contributed by atoms with Crippen molar-refractivity contribution in [3.05, 3.63) is 46.5 Å². The third-order valence-electron chi connectivity index (χ3n) is 3.44. The van der Waals surface area contributed by atoms with Gasteiger partial charge in [-0.1, -0.05) is 6.07 Å². The van der Waals surface area contributed by atoms with Gasteiger partial charge in [-0.05, 0) is 44.9 Å². The molecule has 20 heavy (non-hydrogen) atoms. The molecule has 2 aromatic rings. The lowest BCUT2D eigenvalue weighted by molar-refractivity contribution is 0.0949. The predicted octanol–water partition coefficient (Wildman–Crippen LogP) is 1.71. The smallest absolute Gasteiger partial charge is 0.269 e. The minimum Gasteiger partial charge on any atom is -0.350 e. The summed E-state index contributed by atoms with van der Waals surface area (Å²) in [5, 5.41) is 7.27. The van der Waals surface area contributed by atoms with Crippen molar-refractivity contribution in [3.63, 3.8) is 0 Å². The monoisotopic (exact) mass is 272 g/mol. The Morgan fingerprint density at radius 3 is 2.65 bits per heavy atom. The third-order valence-corrected chi connectivity index (χ3v) is 3.44. The van der Waals surface area contributed by atoms with Crippen molar-refractivity contribution in [1.82, 2.24) is 20.1 Å². The normalized spacial score (nSPS) is 10.6. The second-order valence-corrected chi connectivity index (χ2v) is 4.94. The zero-order valence-corrected chi connectivity index (χ0v) is 12.4. The Bertz CT molecular complexity index is 631. The molecule has 1 amide bonds. The molecule has 0 saturated carbocycles. The number of nitrogens with one attached hydrogen (secondary N) is 1. The summed E-state index contributed by atoms with van der Waals surface area (Å²) in [6.07, 6.45) is 0.781. The summed E-state index contributed by atoms with van der Waals surface area (Å²) in [7, 11) is 1.93. The van der Waals surface area contributed by atoms with Crippen molar-refractivity contribution in [2.24, 2.45) is 7.05 Å². The van der Waals surface area contributed by atoms with E-state index in [1.165, 1.54) is 5.56 Å². The Labute approximate surface area is 119 Å². The Balaban J connectivity index is 1.94. The number of aryl methyl sites for hydroxylation is 3. The highest BCUT2D eigenvalue weighted by Crippen LogP contribution is 2.11. The number of hydrogen-bond donors (Lipinski definition) is 1. The fourth-order valence-electron chi connectivity index (χ4n) is 2.24. The molecule has 0 aliphatic heterocycles. The van der Waals surface area contributed by atoms with Gasteiger partial charge < -0.3 is 5.32 Å². The van der Waals surface area contributed by atoms with E-state index in [0.717, 1.165) is 23.5 Å². The summed E-state index contributed by atoms with van der Waals surface area (Å²) >= 11 is 0. The maximum absolute atomic E-state index is 12.0. The Morgan fingerprint density at radius 2 is 2.05 bits per heavy atom. The van der Waals surface area contributed by atoms with Crippen LogP contribution in [0.5, 0.6) is 0 Å². The molecular weight excluding hydrogens is 252 g/mol. The Hall–Kier alpha value is -2.17. The van der Waals surface area contributed by atoms with E-state index in [1.807, 2.05) is 44.6 Å². The van der Waals surface area contributed by atoms with Crippen LogP contribution < -0.4 is 5.32 Å². The van der Waals surface area contributed by atoms with Gasteiger partial charge in [0.2, 0.25) is 0 Å². The average Bonchev–Trinajstić information content (AvgIpc) is 2.65. The molecular formula is C15H20N4O. The molecule has 0 radical (unpaired) electrons. The van der Waals surface area contributed by atoms with E-state index in [2.05, 4.69) is 15.4 Å². The zero-order valence-electron chi connectivity index (χ0n) is 12.4. The van der Waals surface area contributed by atoms with E-state index in [1.54, 1.807) is 6.07 Å².